The van der Waals surface area contributed by atoms with E-state index in [1.54, 1.807) is 30.3 Å². The highest BCUT2D eigenvalue weighted by Gasteiger charge is 2.11. The number of carbonyl (C=O) groups excluding carboxylic acids is 1. The van der Waals surface area contributed by atoms with Gasteiger partial charge in [0.05, 0.1) is 23.4 Å². The van der Waals surface area contributed by atoms with Crippen LogP contribution in [0.5, 0.6) is 11.5 Å². The Morgan fingerprint density at radius 2 is 2.00 bits per heavy atom. The van der Waals surface area contributed by atoms with Crippen LogP contribution in [-0.2, 0) is 4.79 Å². The number of ether oxygens (including phenoxy) is 2. The maximum atomic E-state index is 12.2. The fourth-order valence-electron chi connectivity index (χ4n) is 2.07. The van der Waals surface area contributed by atoms with Gasteiger partial charge in [-0.25, -0.2) is 10.2 Å². The number of hydrogen-bond donors (Lipinski definition) is 2. The quantitative estimate of drug-likeness (QED) is 0.529. The zero-order chi connectivity index (χ0) is 19.1. The Hall–Kier alpha value is -2.87. The summed E-state index contributed by atoms with van der Waals surface area (Å²) >= 11 is 3.30. The van der Waals surface area contributed by atoms with Crippen LogP contribution in [0.15, 0.2) is 46.0 Å². The summed E-state index contributed by atoms with van der Waals surface area (Å²) in [5.41, 5.74) is 4.50. The molecule has 7 nitrogen and oxygen atoms in total. The highest BCUT2D eigenvalue weighted by atomic mass is 79.9. The van der Waals surface area contributed by atoms with E-state index >= 15 is 0 Å². The van der Waals surface area contributed by atoms with Crippen LogP contribution in [-0.4, -0.2) is 36.9 Å². The number of carboxylic acid groups (broad SMARTS) is 1. The smallest absolute Gasteiger partial charge is 0.341 e. The molecule has 8 heteroatoms. The molecule has 2 N–H and O–H groups in total. The lowest BCUT2D eigenvalue weighted by Gasteiger charge is -2.08. The molecule has 0 saturated heterocycles. The average Bonchev–Trinajstić information content (AvgIpc) is 2.60. The number of nitrogens with zero attached hydrogens (tertiary/aromatic N) is 1. The van der Waals surface area contributed by atoms with E-state index < -0.39 is 18.5 Å². The average molecular weight is 421 g/mol. The third-order valence-corrected chi connectivity index (χ3v) is 3.91. The zero-order valence-electron chi connectivity index (χ0n) is 14.2. The number of carboxylic acids is 1. The van der Waals surface area contributed by atoms with Crippen molar-refractivity contribution in [1.29, 1.82) is 0 Å². The van der Waals surface area contributed by atoms with Crippen LogP contribution < -0.4 is 14.9 Å². The first kappa shape index (κ1) is 19.5. The van der Waals surface area contributed by atoms with Gasteiger partial charge in [-0.05, 0) is 64.3 Å². The Labute approximate surface area is 158 Å². The molecule has 0 aromatic heterocycles. The van der Waals surface area contributed by atoms with E-state index in [9.17, 15) is 9.59 Å². The van der Waals surface area contributed by atoms with Crippen LogP contribution >= 0.6 is 15.9 Å². The second-order valence-corrected chi connectivity index (χ2v) is 6.13. The first-order chi connectivity index (χ1) is 12.4. The number of benzene rings is 2. The molecule has 0 unspecified atom stereocenters. The summed E-state index contributed by atoms with van der Waals surface area (Å²) in [5, 5.41) is 12.5. The zero-order valence-corrected chi connectivity index (χ0v) is 15.7. The number of rotatable bonds is 7. The van der Waals surface area contributed by atoms with Gasteiger partial charge in [0.1, 0.15) is 11.5 Å². The lowest BCUT2D eigenvalue weighted by Crippen LogP contribution is -2.18. The molecule has 0 aliphatic carbocycles. The minimum Gasteiger partial charge on any atom is -0.496 e. The van der Waals surface area contributed by atoms with Crippen molar-refractivity contribution in [3.05, 3.63) is 57.6 Å². The standard InChI is InChI=1S/C18H17BrN2O5/c1-11-3-5-13(16(7-11)25-2)18(24)21-20-9-12-4-6-15(14(19)8-12)26-10-17(22)23/h3-9H,10H2,1-2H3,(H,21,24)(H,22,23)/b20-9-. The second-order valence-electron chi connectivity index (χ2n) is 5.28. The molecule has 0 saturated carbocycles. The second kappa shape index (κ2) is 9.00. The maximum Gasteiger partial charge on any atom is 0.341 e. The molecule has 1 amide bonds. The summed E-state index contributed by atoms with van der Waals surface area (Å²) in [5.74, 6) is -0.575. The first-order valence-corrected chi connectivity index (χ1v) is 8.32. The van der Waals surface area contributed by atoms with Crippen molar-refractivity contribution in [2.24, 2.45) is 5.10 Å². The molecule has 0 fully saturated rings. The molecule has 2 rings (SSSR count). The van der Waals surface area contributed by atoms with E-state index in [1.807, 2.05) is 13.0 Å². The normalized spacial score (nSPS) is 10.6. The predicted octanol–water partition coefficient (Wildman–Crippen LogP) is 2.99. The Balaban J connectivity index is 2.03. The monoisotopic (exact) mass is 420 g/mol. The van der Waals surface area contributed by atoms with Crippen molar-refractivity contribution in [1.82, 2.24) is 5.43 Å². The SMILES string of the molecule is COc1cc(C)ccc1C(=O)N/N=C\c1ccc(OCC(=O)O)c(Br)c1. The third kappa shape index (κ3) is 5.32. The minimum absolute atomic E-state index is 0.383. The summed E-state index contributed by atoms with van der Waals surface area (Å²) in [6, 6.07) is 10.2. The van der Waals surface area contributed by atoms with Crippen molar-refractivity contribution in [3.63, 3.8) is 0 Å². The molecule has 2 aromatic rings. The predicted molar refractivity (Wildman–Crippen MR) is 100 cm³/mol. The molecule has 0 bridgehead atoms. The number of halogens is 1. The van der Waals surface area contributed by atoms with Gasteiger partial charge < -0.3 is 14.6 Å². The van der Waals surface area contributed by atoms with E-state index in [0.29, 0.717) is 27.1 Å². The van der Waals surface area contributed by atoms with E-state index in [2.05, 4.69) is 26.5 Å². The third-order valence-electron chi connectivity index (χ3n) is 3.29. The number of methoxy groups -OCH3 is 1. The highest BCUT2D eigenvalue weighted by Crippen LogP contribution is 2.25. The van der Waals surface area contributed by atoms with Crippen LogP contribution in [0.1, 0.15) is 21.5 Å². The maximum absolute atomic E-state index is 12.2. The van der Waals surface area contributed by atoms with Gasteiger partial charge in [-0.3, -0.25) is 4.79 Å². The highest BCUT2D eigenvalue weighted by molar-refractivity contribution is 9.10. The Morgan fingerprint density at radius 3 is 2.65 bits per heavy atom. The van der Waals surface area contributed by atoms with E-state index in [4.69, 9.17) is 14.6 Å². The van der Waals surface area contributed by atoms with Crippen molar-refractivity contribution in [3.8, 4) is 11.5 Å². The van der Waals surface area contributed by atoms with Gasteiger partial charge in [-0.2, -0.15) is 5.10 Å². The number of hydrogen-bond acceptors (Lipinski definition) is 5. The largest absolute Gasteiger partial charge is 0.496 e. The fourth-order valence-corrected chi connectivity index (χ4v) is 2.58. The molecule has 2 aromatic carbocycles. The van der Waals surface area contributed by atoms with Crippen LogP contribution in [0.4, 0.5) is 0 Å². The van der Waals surface area contributed by atoms with Gasteiger partial charge in [0.25, 0.3) is 5.91 Å². The van der Waals surface area contributed by atoms with Crippen molar-refractivity contribution in [2.45, 2.75) is 6.92 Å². The summed E-state index contributed by atoms with van der Waals surface area (Å²) in [6.07, 6.45) is 1.46. The van der Waals surface area contributed by atoms with E-state index in [1.165, 1.54) is 13.3 Å². The molecule has 136 valence electrons. The lowest BCUT2D eigenvalue weighted by molar-refractivity contribution is -0.139. The van der Waals surface area contributed by atoms with Gasteiger partial charge in [0.15, 0.2) is 6.61 Å². The van der Waals surface area contributed by atoms with Gasteiger partial charge >= 0.3 is 5.97 Å². The van der Waals surface area contributed by atoms with Crippen LogP contribution in [0.25, 0.3) is 0 Å². The van der Waals surface area contributed by atoms with Gasteiger partial charge in [-0.1, -0.05) is 6.07 Å². The van der Waals surface area contributed by atoms with Crippen molar-refractivity contribution >= 4 is 34.0 Å². The van der Waals surface area contributed by atoms with Gasteiger partial charge in [0, 0.05) is 0 Å². The molecule has 26 heavy (non-hydrogen) atoms. The summed E-state index contributed by atoms with van der Waals surface area (Å²) in [4.78, 5) is 22.7. The van der Waals surface area contributed by atoms with Crippen molar-refractivity contribution in [2.75, 3.05) is 13.7 Å². The number of amides is 1. The number of hydrazone groups is 1. The molecule has 0 aliphatic rings. The van der Waals surface area contributed by atoms with E-state index in [-0.39, 0.29) is 0 Å². The number of carbonyl (C=O) groups is 2. The molecule has 0 aliphatic heterocycles. The van der Waals surface area contributed by atoms with Crippen molar-refractivity contribution < 1.29 is 24.2 Å². The topological polar surface area (TPSA) is 97.2 Å². The fraction of sp³-hybridized carbons (Fsp3) is 0.167. The van der Waals surface area contributed by atoms with Gasteiger partial charge in [0.2, 0.25) is 0 Å². The molecule has 0 radical (unpaired) electrons. The molecule has 0 spiro atoms. The van der Waals surface area contributed by atoms with Crippen LogP contribution in [0, 0.1) is 6.92 Å². The molecule has 0 heterocycles. The summed E-state index contributed by atoms with van der Waals surface area (Å²) in [6.45, 7) is 1.48. The molecule has 0 atom stereocenters. The summed E-state index contributed by atoms with van der Waals surface area (Å²) in [7, 11) is 1.50. The number of nitrogens with one attached hydrogen (secondary N) is 1. The Bertz CT molecular complexity index is 851. The van der Waals surface area contributed by atoms with Gasteiger partial charge in [-0.15, -0.1) is 0 Å². The summed E-state index contributed by atoms with van der Waals surface area (Å²) < 4.78 is 10.9. The van der Waals surface area contributed by atoms with Crippen LogP contribution in [0.2, 0.25) is 0 Å². The first-order valence-electron chi connectivity index (χ1n) is 7.53. The number of aliphatic carboxylic acids is 1. The Morgan fingerprint density at radius 1 is 1.23 bits per heavy atom. The minimum atomic E-state index is -1.06. The molecular weight excluding hydrogens is 404 g/mol. The molecular formula is C18H17BrN2O5. The lowest BCUT2D eigenvalue weighted by atomic mass is 10.1. The number of aryl methyl sites for hydroxylation is 1. The Kier molecular flexibility index (Phi) is 6.74. The van der Waals surface area contributed by atoms with Crippen LogP contribution in [0.3, 0.4) is 0 Å². The van der Waals surface area contributed by atoms with E-state index in [0.717, 1.165) is 5.56 Å².